The second kappa shape index (κ2) is 4.97. The Balaban J connectivity index is 1.76. The van der Waals surface area contributed by atoms with Crippen LogP contribution < -0.4 is 5.32 Å². The molecule has 3 heteroatoms. The number of rotatable bonds is 5. The molecule has 1 aliphatic carbocycles. The zero-order chi connectivity index (χ0) is 13.4. The van der Waals surface area contributed by atoms with Crippen molar-refractivity contribution in [2.24, 2.45) is 13.0 Å². The normalized spacial score (nSPS) is 18.7. The van der Waals surface area contributed by atoms with Gasteiger partial charge in [0, 0.05) is 13.1 Å². The van der Waals surface area contributed by atoms with E-state index in [0.717, 1.165) is 17.3 Å². The van der Waals surface area contributed by atoms with Gasteiger partial charge in [-0.25, -0.2) is 4.98 Å². The standard InChI is InChI=1S/C16H23N3/c1-11(10-13-8-9-13)17-12(2)16-18-14-6-4-5-7-15(14)19(16)3/h4-7,11-13,17H,8-10H2,1-3H3. The predicted octanol–water partition coefficient (Wildman–Crippen LogP) is 3.41. The van der Waals surface area contributed by atoms with Crippen LogP contribution in [0, 0.1) is 5.92 Å². The SMILES string of the molecule is CC(CC1CC1)NC(C)c1nc2ccccc2n1C. The third kappa shape index (κ3) is 2.66. The van der Waals surface area contributed by atoms with Gasteiger partial charge in [-0.05, 0) is 38.3 Å². The fraction of sp³-hybridized carbons (Fsp3) is 0.562. The van der Waals surface area contributed by atoms with Crippen LogP contribution in [0.25, 0.3) is 11.0 Å². The van der Waals surface area contributed by atoms with Crippen LogP contribution in [0.2, 0.25) is 0 Å². The fourth-order valence-corrected chi connectivity index (χ4v) is 2.97. The summed E-state index contributed by atoms with van der Waals surface area (Å²) in [6.45, 7) is 4.50. The molecule has 102 valence electrons. The van der Waals surface area contributed by atoms with Gasteiger partial charge in [-0.15, -0.1) is 0 Å². The highest BCUT2D eigenvalue weighted by molar-refractivity contribution is 5.75. The molecule has 0 saturated heterocycles. The average molecular weight is 257 g/mol. The summed E-state index contributed by atoms with van der Waals surface area (Å²) in [6.07, 6.45) is 4.15. The van der Waals surface area contributed by atoms with Gasteiger partial charge in [-0.3, -0.25) is 0 Å². The van der Waals surface area contributed by atoms with Crippen molar-refractivity contribution in [3.05, 3.63) is 30.1 Å². The first-order valence-electron chi connectivity index (χ1n) is 7.32. The van der Waals surface area contributed by atoms with Crippen LogP contribution in [-0.4, -0.2) is 15.6 Å². The van der Waals surface area contributed by atoms with E-state index in [2.05, 4.69) is 49.0 Å². The van der Waals surface area contributed by atoms with Crippen LogP contribution in [0.15, 0.2) is 24.3 Å². The van der Waals surface area contributed by atoms with E-state index in [9.17, 15) is 0 Å². The summed E-state index contributed by atoms with van der Waals surface area (Å²) in [4.78, 5) is 4.76. The Labute approximate surface area is 115 Å². The minimum absolute atomic E-state index is 0.297. The van der Waals surface area contributed by atoms with Crippen LogP contribution in [-0.2, 0) is 7.05 Å². The molecule has 1 aromatic heterocycles. The van der Waals surface area contributed by atoms with Gasteiger partial charge >= 0.3 is 0 Å². The van der Waals surface area contributed by atoms with E-state index in [4.69, 9.17) is 4.98 Å². The highest BCUT2D eigenvalue weighted by atomic mass is 15.1. The third-order valence-electron chi connectivity index (χ3n) is 4.13. The molecule has 0 radical (unpaired) electrons. The topological polar surface area (TPSA) is 29.9 Å². The number of nitrogens with zero attached hydrogens (tertiary/aromatic N) is 2. The van der Waals surface area contributed by atoms with Gasteiger partial charge in [0.1, 0.15) is 5.82 Å². The second-order valence-corrected chi connectivity index (χ2v) is 5.99. The number of benzene rings is 1. The van der Waals surface area contributed by atoms with E-state index in [-0.39, 0.29) is 0 Å². The lowest BCUT2D eigenvalue weighted by molar-refractivity contribution is 0.422. The van der Waals surface area contributed by atoms with Crippen molar-refractivity contribution in [1.29, 1.82) is 0 Å². The number of hydrogen-bond acceptors (Lipinski definition) is 2. The Bertz CT molecular complexity index is 568. The maximum atomic E-state index is 4.76. The Morgan fingerprint density at radius 3 is 2.74 bits per heavy atom. The molecule has 1 aliphatic rings. The van der Waals surface area contributed by atoms with E-state index in [1.807, 2.05) is 6.07 Å². The summed E-state index contributed by atoms with van der Waals surface area (Å²) in [5, 5.41) is 3.69. The molecule has 2 aromatic rings. The summed E-state index contributed by atoms with van der Waals surface area (Å²) in [6, 6.07) is 9.20. The van der Waals surface area contributed by atoms with Crippen molar-refractivity contribution in [3.63, 3.8) is 0 Å². The first-order valence-corrected chi connectivity index (χ1v) is 7.32. The van der Waals surface area contributed by atoms with Crippen LogP contribution in [0.5, 0.6) is 0 Å². The zero-order valence-corrected chi connectivity index (χ0v) is 12.1. The maximum Gasteiger partial charge on any atom is 0.126 e. The summed E-state index contributed by atoms with van der Waals surface area (Å²) in [7, 11) is 2.11. The van der Waals surface area contributed by atoms with E-state index < -0.39 is 0 Å². The Kier molecular flexibility index (Phi) is 3.31. The zero-order valence-electron chi connectivity index (χ0n) is 12.1. The van der Waals surface area contributed by atoms with Gasteiger partial charge in [0.2, 0.25) is 0 Å². The predicted molar refractivity (Wildman–Crippen MR) is 79.1 cm³/mol. The molecule has 1 aromatic carbocycles. The smallest absolute Gasteiger partial charge is 0.126 e. The van der Waals surface area contributed by atoms with Crippen molar-refractivity contribution >= 4 is 11.0 Å². The molecule has 2 atom stereocenters. The van der Waals surface area contributed by atoms with Crippen molar-refractivity contribution < 1.29 is 0 Å². The van der Waals surface area contributed by atoms with Crippen LogP contribution in [0.3, 0.4) is 0 Å². The Morgan fingerprint density at radius 2 is 2.05 bits per heavy atom. The quantitative estimate of drug-likeness (QED) is 0.889. The summed E-state index contributed by atoms with van der Waals surface area (Å²) >= 11 is 0. The Morgan fingerprint density at radius 1 is 1.32 bits per heavy atom. The minimum Gasteiger partial charge on any atom is -0.330 e. The summed E-state index contributed by atoms with van der Waals surface area (Å²) in [5.41, 5.74) is 2.30. The van der Waals surface area contributed by atoms with E-state index in [1.54, 1.807) is 0 Å². The number of para-hydroxylation sites is 2. The van der Waals surface area contributed by atoms with Crippen molar-refractivity contribution in [1.82, 2.24) is 14.9 Å². The number of aryl methyl sites for hydroxylation is 1. The van der Waals surface area contributed by atoms with Gasteiger partial charge < -0.3 is 9.88 Å². The summed E-state index contributed by atoms with van der Waals surface area (Å²) < 4.78 is 2.21. The van der Waals surface area contributed by atoms with E-state index >= 15 is 0 Å². The van der Waals surface area contributed by atoms with Crippen LogP contribution in [0.4, 0.5) is 0 Å². The molecule has 1 N–H and O–H groups in total. The van der Waals surface area contributed by atoms with Gasteiger partial charge in [-0.2, -0.15) is 0 Å². The number of aromatic nitrogens is 2. The molecule has 1 saturated carbocycles. The molecule has 0 bridgehead atoms. The highest BCUT2D eigenvalue weighted by Crippen LogP contribution is 2.33. The summed E-state index contributed by atoms with van der Waals surface area (Å²) in [5.74, 6) is 2.10. The second-order valence-electron chi connectivity index (χ2n) is 5.99. The third-order valence-corrected chi connectivity index (χ3v) is 4.13. The molecule has 0 spiro atoms. The lowest BCUT2D eigenvalue weighted by Crippen LogP contribution is -2.30. The van der Waals surface area contributed by atoms with Crippen LogP contribution in [0.1, 0.15) is 45.0 Å². The van der Waals surface area contributed by atoms with Gasteiger partial charge in [0.05, 0.1) is 17.1 Å². The van der Waals surface area contributed by atoms with Gasteiger partial charge in [0.25, 0.3) is 0 Å². The van der Waals surface area contributed by atoms with Crippen molar-refractivity contribution in [2.45, 2.75) is 45.2 Å². The highest BCUT2D eigenvalue weighted by Gasteiger charge is 2.25. The number of hydrogen-bond donors (Lipinski definition) is 1. The Hall–Kier alpha value is -1.35. The minimum atomic E-state index is 0.297. The lowest BCUT2D eigenvalue weighted by atomic mass is 10.1. The average Bonchev–Trinajstić information content (AvgIpc) is 3.12. The molecule has 1 fully saturated rings. The van der Waals surface area contributed by atoms with E-state index in [0.29, 0.717) is 12.1 Å². The molecule has 1 heterocycles. The first-order chi connectivity index (χ1) is 9.15. The molecule has 0 aliphatic heterocycles. The first kappa shape index (κ1) is 12.7. The maximum absolute atomic E-state index is 4.76. The molecule has 3 nitrogen and oxygen atoms in total. The van der Waals surface area contributed by atoms with Gasteiger partial charge in [0.15, 0.2) is 0 Å². The fourth-order valence-electron chi connectivity index (χ4n) is 2.97. The van der Waals surface area contributed by atoms with Gasteiger partial charge in [-0.1, -0.05) is 25.0 Å². The molecule has 3 rings (SSSR count). The number of imidazole rings is 1. The van der Waals surface area contributed by atoms with Crippen molar-refractivity contribution in [3.8, 4) is 0 Å². The van der Waals surface area contributed by atoms with E-state index in [1.165, 1.54) is 24.8 Å². The molecule has 19 heavy (non-hydrogen) atoms. The number of fused-ring (bicyclic) bond motifs is 1. The molecule has 2 unspecified atom stereocenters. The lowest BCUT2D eigenvalue weighted by Gasteiger charge is -2.19. The molecular weight excluding hydrogens is 234 g/mol. The molecule has 0 amide bonds. The monoisotopic (exact) mass is 257 g/mol. The van der Waals surface area contributed by atoms with Crippen LogP contribution >= 0.6 is 0 Å². The van der Waals surface area contributed by atoms with Crippen molar-refractivity contribution in [2.75, 3.05) is 0 Å². The molecular formula is C16H23N3. The largest absolute Gasteiger partial charge is 0.330 e. The number of nitrogens with one attached hydrogen (secondary N) is 1.